The van der Waals surface area contributed by atoms with Crippen LogP contribution in [0.3, 0.4) is 0 Å². The van der Waals surface area contributed by atoms with Gasteiger partial charge in [-0.3, -0.25) is 0 Å². The van der Waals surface area contributed by atoms with Crippen LogP contribution >= 0.6 is 0 Å². The van der Waals surface area contributed by atoms with Gasteiger partial charge in [0.1, 0.15) is 11.6 Å². The second-order valence-electron chi connectivity index (χ2n) is 9.03. The van der Waals surface area contributed by atoms with Crippen molar-refractivity contribution in [1.29, 1.82) is 0 Å². The Morgan fingerprint density at radius 1 is 0.968 bits per heavy atom. The van der Waals surface area contributed by atoms with Crippen molar-refractivity contribution >= 4 is 5.82 Å². The minimum absolute atomic E-state index is 0.0986. The maximum Gasteiger partial charge on any atom is 0.168 e. The van der Waals surface area contributed by atoms with Gasteiger partial charge in [0.15, 0.2) is 11.6 Å². The molecular formula is C23H26F3N3O2. The third kappa shape index (κ3) is 4.55. The lowest BCUT2D eigenvalue weighted by Gasteiger charge is -2.26. The van der Waals surface area contributed by atoms with Gasteiger partial charge in [0, 0.05) is 17.7 Å². The van der Waals surface area contributed by atoms with E-state index in [1.165, 1.54) is 18.9 Å². The molecule has 1 aliphatic heterocycles. The molecular weight excluding hydrogens is 407 g/mol. The number of hydrogen-bond donors (Lipinski definition) is 1. The number of aromatic nitrogens is 2. The van der Waals surface area contributed by atoms with Crippen molar-refractivity contribution in [3.63, 3.8) is 0 Å². The second-order valence-corrected chi connectivity index (χ2v) is 9.03. The molecule has 0 bridgehead atoms. The monoisotopic (exact) mass is 433 g/mol. The van der Waals surface area contributed by atoms with Gasteiger partial charge in [-0.15, -0.1) is 10.2 Å². The van der Waals surface area contributed by atoms with E-state index in [-0.39, 0.29) is 17.4 Å². The highest BCUT2D eigenvalue weighted by molar-refractivity contribution is 5.60. The summed E-state index contributed by atoms with van der Waals surface area (Å²) >= 11 is 0. The number of nitrogens with one attached hydrogen (secondary N) is 1. The number of hydrogen-bond acceptors (Lipinski definition) is 5. The lowest BCUT2D eigenvalue weighted by molar-refractivity contribution is -0.0957. The standard InChI is InChI=1S/C23H26F3N3O2/c24-16-10-19(23(26)20(25)11-16)21-1-2-22(29-28-21)27-17-8-14-5-13(6-15(14)9-17)7-18-12-30-3-4-31-18/h1-2,10-11,13-15,17-18H,3-9,12H2,(H,27,29)/t13-,14+,15-,17-,18-/m0/s1. The molecule has 0 unspecified atom stereocenters. The molecule has 2 saturated carbocycles. The number of nitrogens with zero attached hydrogens (tertiary/aromatic N) is 2. The summed E-state index contributed by atoms with van der Waals surface area (Å²) in [5, 5.41) is 11.5. The lowest BCUT2D eigenvalue weighted by atomic mass is 9.95. The fraction of sp³-hybridized carbons (Fsp3) is 0.565. The van der Waals surface area contributed by atoms with E-state index in [0.717, 1.165) is 31.9 Å². The van der Waals surface area contributed by atoms with Gasteiger partial charge >= 0.3 is 0 Å². The molecule has 1 saturated heterocycles. The van der Waals surface area contributed by atoms with Gasteiger partial charge in [-0.2, -0.15) is 0 Å². The highest BCUT2D eigenvalue weighted by Crippen LogP contribution is 2.49. The molecule has 1 N–H and O–H groups in total. The molecule has 0 radical (unpaired) electrons. The molecule has 1 aromatic heterocycles. The molecule has 5 atom stereocenters. The van der Waals surface area contributed by atoms with Crippen molar-refractivity contribution in [2.24, 2.45) is 17.8 Å². The van der Waals surface area contributed by atoms with Gasteiger partial charge in [-0.25, -0.2) is 13.2 Å². The smallest absolute Gasteiger partial charge is 0.168 e. The molecule has 3 fully saturated rings. The Morgan fingerprint density at radius 2 is 1.77 bits per heavy atom. The maximum absolute atomic E-state index is 14.0. The van der Waals surface area contributed by atoms with E-state index in [2.05, 4.69) is 15.5 Å². The Balaban J connectivity index is 1.16. The van der Waals surface area contributed by atoms with Gasteiger partial charge in [-0.1, -0.05) is 0 Å². The van der Waals surface area contributed by atoms with Crippen LogP contribution in [0.2, 0.25) is 0 Å². The predicted octanol–water partition coefficient (Wildman–Crippen LogP) is 4.58. The number of ether oxygens (including phenoxy) is 2. The van der Waals surface area contributed by atoms with Crippen molar-refractivity contribution in [2.45, 2.75) is 44.2 Å². The summed E-state index contributed by atoms with van der Waals surface area (Å²) in [5.74, 6) is -0.487. The van der Waals surface area contributed by atoms with Crippen LogP contribution < -0.4 is 5.32 Å². The van der Waals surface area contributed by atoms with Crippen LogP contribution in [0.15, 0.2) is 24.3 Å². The van der Waals surface area contributed by atoms with Gasteiger partial charge in [0.25, 0.3) is 0 Å². The Bertz CT molecular complexity index is 907. The van der Waals surface area contributed by atoms with Crippen molar-refractivity contribution in [2.75, 3.05) is 25.1 Å². The molecule has 5 nitrogen and oxygen atoms in total. The van der Waals surface area contributed by atoms with Crippen LogP contribution in [-0.4, -0.2) is 42.2 Å². The first-order valence-corrected chi connectivity index (χ1v) is 11.0. The first-order chi connectivity index (χ1) is 15.0. The summed E-state index contributed by atoms with van der Waals surface area (Å²) in [7, 11) is 0. The summed E-state index contributed by atoms with van der Waals surface area (Å²) < 4.78 is 52.2. The third-order valence-electron chi connectivity index (χ3n) is 6.88. The number of anilines is 1. The summed E-state index contributed by atoms with van der Waals surface area (Å²) in [6, 6.07) is 4.98. The van der Waals surface area contributed by atoms with Crippen LogP contribution in [0.5, 0.6) is 0 Å². The first kappa shape index (κ1) is 20.7. The number of halogens is 3. The molecule has 5 rings (SSSR count). The minimum Gasteiger partial charge on any atom is -0.376 e. The normalized spacial score (nSPS) is 30.4. The van der Waals surface area contributed by atoms with Crippen LogP contribution in [0.25, 0.3) is 11.3 Å². The third-order valence-corrected chi connectivity index (χ3v) is 6.88. The van der Waals surface area contributed by atoms with Crippen molar-refractivity contribution in [3.05, 3.63) is 41.7 Å². The first-order valence-electron chi connectivity index (χ1n) is 11.0. The zero-order chi connectivity index (χ0) is 21.4. The van der Waals surface area contributed by atoms with Crippen molar-refractivity contribution in [3.8, 4) is 11.3 Å². The SMILES string of the molecule is Fc1cc(F)c(F)c(-c2ccc(N[C@H]3C[C@H]4C[C@H](C[C@H]5COCCO5)C[C@H]4C3)nn2)c1. The summed E-state index contributed by atoms with van der Waals surface area (Å²) in [5.41, 5.74) is -0.133. The molecule has 3 aliphatic rings. The molecule has 2 aromatic rings. The molecule has 2 heterocycles. The fourth-order valence-electron chi connectivity index (χ4n) is 5.60. The highest BCUT2D eigenvalue weighted by atomic mass is 19.2. The predicted molar refractivity (Wildman–Crippen MR) is 109 cm³/mol. The van der Waals surface area contributed by atoms with Gasteiger partial charge in [0.2, 0.25) is 0 Å². The molecule has 0 amide bonds. The molecule has 1 aromatic carbocycles. The number of rotatable bonds is 5. The largest absolute Gasteiger partial charge is 0.376 e. The fourth-order valence-corrected chi connectivity index (χ4v) is 5.60. The second kappa shape index (κ2) is 8.74. The van der Waals surface area contributed by atoms with E-state index in [1.807, 2.05) is 0 Å². The van der Waals surface area contributed by atoms with Gasteiger partial charge in [0.05, 0.1) is 31.6 Å². The molecule has 166 valence electrons. The zero-order valence-corrected chi connectivity index (χ0v) is 17.2. The molecule has 8 heteroatoms. The van der Waals surface area contributed by atoms with Gasteiger partial charge in [-0.05, 0) is 68.1 Å². The number of benzene rings is 1. The van der Waals surface area contributed by atoms with Crippen LogP contribution in [0.4, 0.5) is 19.0 Å². The van der Waals surface area contributed by atoms with Crippen molar-refractivity contribution in [1.82, 2.24) is 10.2 Å². The summed E-state index contributed by atoms with van der Waals surface area (Å²) in [6.45, 7) is 2.13. The van der Waals surface area contributed by atoms with E-state index in [9.17, 15) is 13.2 Å². The lowest BCUT2D eigenvalue weighted by Crippen LogP contribution is -2.30. The Hall–Kier alpha value is -2.19. The quantitative estimate of drug-likeness (QED) is 0.700. The van der Waals surface area contributed by atoms with Gasteiger partial charge < -0.3 is 14.8 Å². The van der Waals surface area contributed by atoms with E-state index < -0.39 is 17.5 Å². The summed E-state index contributed by atoms with van der Waals surface area (Å²) in [6.07, 6.45) is 5.99. The number of fused-ring (bicyclic) bond motifs is 1. The van der Waals surface area contributed by atoms with E-state index in [4.69, 9.17) is 9.47 Å². The van der Waals surface area contributed by atoms with E-state index >= 15 is 0 Å². The van der Waals surface area contributed by atoms with Crippen LogP contribution in [-0.2, 0) is 9.47 Å². The summed E-state index contributed by atoms with van der Waals surface area (Å²) in [4.78, 5) is 0. The average Bonchev–Trinajstić information content (AvgIpc) is 3.30. The average molecular weight is 433 g/mol. The van der Waals surface area contributed by atoms with Crippen molar-refractivity contribution < 1.29 is 22.6 Å². The Kier molecular flexibility index (Phi) is 5.84. The minimum atomic E-state index is -1.24. The van der Waals surface area contributed by atoms with E-state index in [1.54, 1.807) is 6.07 Å². The highest BCUT2D eigenvalue weighted by Gasteiger charge is 2.42. The van der Waals surface area contributed by atoms with E-state index in [0.29, 0.717) is 48.9 Å². The zero-order valence-electron chi connectivity index (χ0n) is 17.2. The topological polar surface area (TPSA) is 56.3 Å². The molecule has 31 heavy (non-hydrogen) atoms. The Labute approximate surface area is 179 Å². The molecule has 0 spiro atoms. The van der Waals surface area contributed by atoms with Crippen LogP contribution in [0, 0.1) is 35.2 Å². The Morgan fingerprint density at radius 3 is 2.45 bits per heavy atom. The molecule has 2 aliphatic carbocycles. The van der Waals surface area contributed by atoms with Crippen LogP contribution in [0.1, 0.15) is 32.1 Å². The maximum atomic E-state index is 14.0.